The Balaban J connectivity index is 2.49. The van der Waals surface area contributed by atoms with Crippen LogP contribution in [-0.2, 0) is 6.42 Å². The van der Waals surface area contributed by atoms with Gasteiger partial charge in [0.25, 0.3) is 11.8 Å². The maximum absolute atomic E-state index is 13.4. The van der Waals surface area contributed by atoms with E-state index in [9.17, 15) is 9.59 Å². The number of nitrogens with zero attached hydrogens (tertiary/aromatic N) is 2. The number of nitrogens with one attached hydrogen (secondary N) is 1. The minimum atomic E-state index is -1.09. The van der Waals surface area contributed by atoms with Crippen LogP contribution in [0.1, 0.15) is 58.2 Å². The quantitative estimate of drug-likeness (QED) is 0.428. The van der Waals surface area contributed by atoms with Crippen LogP contribution in [0.2, 0.25) is 0 Å². The first-order valence-electron chi connectivity index (χ1n) is 9.73. The van der Waals surface area contributed by atoms with Crippen molar-refractivity contribution in [2.75, 3.05) is 7.11 Å². The van der Waals surface area contributed by atoms with Crippen molar-refractivity contribution < 1.29 is 19.5 Å². The number of carbonyl (C=O) groups excluding carboxylic acids is 2. The van der Waals surface area contributed by atoms with Crippen LogP contribution < -0.4 is 10.2 Å². The summed E-state index contributed by atoms with van der Waals surface area (Å²) in [6, 6.07) is 10.7. The number of oxime groups is 1. The van der Waals surface area contributed by atoms with E-state index in [1.165, 1.54) is 11.2 Å². The lowest BCUT2D eigenvalue weighted by Crippen LogP contribution is -2.58. The third kappa shape index (κ3) is 4.97. The Morgan fingerprint density at radius 1 is 1.20 bits per heavy atom. The van der Waals surface area contributed by atoms with E-state index in [1.807, 2.05) is 26.8 Å². The van der Waals surface area contributed by atoms with Crippen molar-refractivity contribution in [1.29, 1.82) is 0 Å². The SMILES string of the molecule is CCc1c(OC)cccc1C(=O)NN(C(=O)c1cc(C)cc(C)c1)C(C)(C)C=NO. The highest BCUT2D eigenvalue weighted by Gasteiger charge is 2.33. The van der Waals surface area contributed by atoms with E-state index in [4.69, 9.17) is 9.94 Å². The van der Waals surface area contributed by atoms with Crippen molar-refractivity contribution in [3.05, 3.63) is 64.2 Å². The van der Waals surface area contributed by atoms with Gasteiger partial charge in [0.15, 0.2) is 0 Å². The Labute approximate surface area is 177 Å². The zero-order valence-corrected chi connectivity index (χ0v) is 18.3. The summed E-state index contributed by atoms with van der Waals surface area (Å²) in [5.74, 6) is -0.266. The lowest BCUT2D eigenvalue weighted by atomic mass is 10.0. The summed E-state index contributed by atoms with van der Waals surface area (Å²) in [5, 5.41) is 13.4. The molecule has 0 bridgehead atoms. The van der Waals surface area contributed by atoms with Crippen LogP contribution >= 0.6 is 0 Å². The fraction of sp³-hybridized carbons (Fsp3) is 0.348. The van der Waals surface area contributed by atoms with E-state index in [-0.39, 0.29) is 0 Å². The van der Waals surface area contributed by atoms with Crippen molar-refractivity contribution in [2.45, 2.75) is 46.6 Å². The topological polar surface area (TPSA) is 91.2 Å². The Bertz CT molecular complexity index is 947. The molecule has 2 aromatic rings. The van der Waals surface area contributed by atoms with Gasteiger partial charge in [0.1, 0.15) is 5.75 Å². The molecule has 0 fully saturated rings. The van der Waals surface area contributed by atoms with Gasteiger partial charge in [-0.05, 0) is 58.4 Å². The molecule has 160 valence electrons. The third-order valence-electron chi connectivity index (χ3n) is 4.79. The van der Waals surface area contributed by atoms with Gasteiger partial charge in [-0.3, -0.25) is 15.0 Å². The maximum Gasteiger partial charge on any atom is 0.273 e. The Morgan fingerprint density at radius 3 is 2.37 bits per heavy atom. The first-order chi connectivity index (χ1) is 14.1. The second-order valence-electron chi connectivity index (χ2n) is 7.70. The molecule has 0 aliphatic rings. The molecule has 0 atom stereocenters. The monoisotopic (exact) mass is 411 g/mol. The largest absolute Gasteiger partial charge is 0.496 e. The average molecular weight is 412 g/mol. The molecule has 0 aliphatic carbocycles. The maximum atomic E-state index is 13.4. The number of hydrogen-bond acceptors (Lipinski definition) is 5. The molecule has 0 heterocycles. The molecule has 0 aliphatic heterocycles. The number of ether oxygens (including phenoxy) is 1. The van der Waals surface area contributed by atoms with Crippen LogP contribution in [-0.4, -0.2) is 40.9 Å². The van der Waals surface area contributed by atoms with Crippen molar-refractivity contribution in [2.24, 2.45) is 5.16 Å². The molecule has 30 heavy (non-hydrogen) atoms. The molecular formula is C23H29N3O4. The fourth-order valence-electron chi connectivity index (χ4n) is 3.38. The summed E-state index contributed by atoms with van der Waals surface area (Å²) in [6.45, 7) is 9.06. The van der Waals surface area contributed by atoms with Crippen LogP contribution in [0.5, 0.6) is 5.75 Å². The van der Waals surface area contributed by atoms with E-state index < -0.39 is 17.4 Å². The van der Waals surface area contributed by atoms with Crippen molar-refractivity contribution >= 4 is 18.0 Å². The second kappa shape index (κ2) is 9.43. The lowest BCUT2D eigenvalue weighted by molar-refractivity contribution is 0.0446. The summed E-state index contributed by atoms with van der Waals surface area (Å²) in [4.78, 5) is 26.5. The predicted octanol–water partition coefficient (Wildman–Crippen LogP) is 3.90. The highest BCUT2D eigenvalue weighted by molar-refractivity contribution is 6.01. The van der Waals surface area contributed by atoms with Gasteiger partial charge in [0, 0.05) is 16.7 Å². The van der Waals surface area contributed by atoms with E-state index in [0.29, 0.717) is 23.3 Å². The standard InChI is InChI=1S/C23H29N3O4/c1-7-18-19(9-8-10-20(18)30-6)21(27)25-26(23(4,5)14-24-29)22(28)17-12-15(2)11-16(3)13-17/h8-14,29H,7H2,1-6H3,(H,25,27). The van der Waals surface area contributed by atoms with Crippen LogP contribution in [0.25, 0.3) is 0 Å². The first-order valence-corrected chi connectivity index (χ1v) is 9.73. The summed E-state index contributed by atoms with van der Waals surface area (Å²) in [5.41, 5.74) is 5.05. The van der Waals surface area contributed by atoms with Gasteiger partial charge in [-0.2, -0.15) is 0 Å². The van der Waals surface area contributed by atoms with Crippen LogP contribution in [0.15, 0.2) is 41.6 Å². The van der Waals surface area contributed by atoms with E-state index in [1.54, 1.807) is 51.3 Å². The molecule has 0 radical (unpaired) electrons. The number of rotatable bonds is 6. The molecule has 2 aromatic carbocycles. The van der Waals surface area contributed by atoms with Gasteiger partial charge in [-0.15, -0.1) is 0 Å². The predicted molar refractivity (Wildman–Crippen MR) is 116 cm³/mol. The molecule has 0 unspecified atom stereocenters. The van der Waals surface area contributed by atoms with Gasteiger partial charge in [0.2, 0.25) is 0 Å². The number of carbonyl (C=O) groups is 2. The van der Waals surface area contributed by atoms with Gasteiger partial charge < -0.3 is 9.94 Å². The molecule has 2 amide bonds. The van der Waals surface area contributed by atoms with Crippen molar-refractivity contribution in [1.82, 2.24) is 10.4 Å². The summed E-state index contributed by atoms with van der Waals surface area (Å²) < 4.78 is 5.37. The molecule has 0 spiro atoms. The van der Waals surface area contributed by atoms with E-state index in [2.05, 4.69) is 10.6 Å². The van der Waals surface area contributed by atoms with Crippen molar-refractivity contribution in [3.63, 3.8) is 0 Å². The fourth-order valence-corrected chi connectivity index (χ4v) is 3.38. The third-order valence-corrected chi connectivity index (χ3v) is 4.79. The van der Waals surface area contributed by atoms with Gasteiger partial charge in [-0.25, -0.2) is 5.01 Å². The minimum Gasteiger partial charge on any atom is -0.496 e. The van der Waals surface area contributed by atoms with Gasteiger partial charge in [0.05, 0.1) is 18.9 Å². The molecule has 0 saturated heterocycles. The summed E-state index contributed by atoms with van der Waals surface area (Å²) in [7, 11) is 1.55. The number of hydrogen-bond donors (Lipinski definition) is 2. The first kappa shape index (κ1) is 22.9. The lowest BCUT2D eigenvalue weighted by Gasteiger charge is -2.35. The summed E-state index contributed by atoms with van der Waals surface area (Å²) in [6.07, 6.45) is 1.78. The zero-order valence-electron chi connectivity index (χ0n) is 18.3. The second-order valence-corrected chi connectivity index (χ2v) is 7.70. The average Bonchev–Trinajstić information content (AvgIpc) is 2.69. The number of hydrazine groups is 1. The molecule has 0 aromatic heterocycles. The highest BCUT2D eigenvalue weighted by atomic mass is 16.5. The van der Waals surface area contributed by atoms with Crippen molar-refractivity contribution in [3.8, 4) is 5.75 Å². The smallest absolute Gasteiger partial charge is 0.273 e. The minimum absolute atomic E-state index is 0.409. The van der Waals surface area contributed by atoms with Crippen LogP contribution in [0, 0.1) is 13.8 Å². The number of benzene rings is 2. The van der Waals surface area contributed by atoms with Crippen LogP contribution in [0.3, 0.4) is 0 Å². The Morgan fingerprint density at radius 2 is 1.83 bits per heavy atom. The Kier molecular flexibility index (Phi) is 7.21. The van der Waals surface area contributed by atoms with Crippen LogP contribution in [0.4, 0.5) is 0 Å². The molecule has 7 heteroatoms. The molecule has 2 rings (SSSR count). The van der Waals surface area contributed by atoms with E-state index >= 15 is 0 Å². The molecule has 2 N–H and O–H groups in total. The normalized spacial score (nSPS) is 11.4. The number of aryl methyl sites for hydroxylation is 2. The molecular weight excluding hydrogens is 382 g/mol. The number of methoxy groups -OCH3 is 1. The Hall–Kier alpha value is -3.35. The summed E-state index contributed by atoms with van der Waals surface area (Å²) >= 11 is 0. The van der Waals surface area contributed by atoms with Gasteiger partial charge >= 0.3 is 0 Å². The van der Waals surface area contributed by atoms with Gasteiger partial charge in [-0.1, -0.05) is 35.3 Å². The molecule has 7 nitrogen and oxygen atoms in total. The molecule has 0 saturated carbocycles. The van der Waals surface area contributed by atoms with E-state index in [0.717, 1.165) is 16.7 Å². The highest BCUT2D eigenvalue weighted by Crippen LogP contribution is 2.24. The zero-order chi connectivity index (χ0) is 22.5. The number of amides is 2.